The predicted octanol–water partition coefficient (Wildman–Crippen LogP) is 3.35. The van der Waals surface area contributed by atoms with Gasteiger partial charge >= 0.3 is 0 Å². The van der Waals surface area contributed by atoms with Gasteiger partial charge in [0.2, 0.25) is 5.91 Å². The van der Waals surface area contributed by atoms with E-state index in [1.807, 2.05) is 12.1 Å². The summed E-state index contributed by atoms with van der Waals surface area (Å²) in [6.45, 7) is 3.77. The zero-order valence-electron chi connectivity index (χ0n) is 19.6. The van der Waals surface area contributed by atoms with Crippen molar-refractivity contribution < 1.29 is 23.7 Å². The average Bonchev–Trinajstić information content (AvgIpc) is 2.82. The van der Waals surface area contributed by atoms with Crippen molar-refractivity contribution in [2.24, 2.45) is 0 Å². The Kier molecular flexibility index (Phi) is 8.36. The first kappa shape index (κ1) is 23.9. The van der Waals surface area contributed by atoms with Gasteiger partial charge in [0, 0.05) is 26.2 Å². The number of benzene rings is 2. The van der Waals surface area contributed by atoms with Crippen LogP contribution >= 0.6 is 0 Å². The van der Waals surface area contributed by atoms with E-state index in [9.17, 15) is 4.79 Å². The number of hydrogen-bond donors (Lipinski definition) is 1. The monoisotopic (exact) mass is 442 g/mol. The van der Waals surface area contributed by atoms with Crippen molar-refractivity contribution in [2.45, 2.75) is 38.4 Å². The van der Waals surface area contributed by atoms with Gasteiger partial charge in [-0.1, -0.05) is 19.1 Å². The lowest BCUT2D eigenvalue weighted by Gasteiger charge is -2.42. The second kappa shape index (κ2) is 11.2. The molecule has 1 aliphatic heterocycles. The van der Waals surface area contributed by atoms with Crippen molar-refractivity contribution in [1.82, 2.24) is 10.2 Å². The highest BCUT2D eigenvalue weighted by molar-refractivity contribution is 5.77. The lowest BCUT2D eigenvalue weighted by Crippen LogP contribution is -2.49. The minimum Gasteiger partial charge on any atom is -0.497 e. The fraction of sp³-hybridized carbons (Fsp3) is 0.480. The van der Waals surface area contributed by atoms with Crippen LogP contribution in [0.3, 0.4) is 0 Å². The summed E-state index contributed by atoms with van der Waals surface area (Å²) in [5.74, 6) is 2.14. The van der Waals surface area contributed by atoms with Crippen molar-refractivity contribution in [3.05, 3.63) is 53.1 Å². The molecule has 0 radical (unpaired) electrons. The van der Waals surface area contributed by atoms with Crippen LogP contribution in [0.1, 0.15) is 36.1 Å². The van der Waals surface area contributed by atoms with Gasteiger partial charge in [0.25, 0.3) is 0 Å². The molecule has 2 aromatic carbocycles. The van der Waals surface area contributed by atoms with Crippen molar-refractivity contribution in [2.75, 3.05) is 41.6 Å². The first-order valence-electron chi connectivity index (χ1n) is 10.9. The van der Waals surface area contributed by atoms with Crippen LogP contribution in [0.2, 0.25) is 0 Å². The predicted molar refractivity (Wildman–Crippen MR) is 123 cm³/mol. The number of carbonyl (C=O) groups excluding carboxylic acids is 1. The fourth-order valence-corrected chi connectivity index (χ4v) is 4.43. The molecule has 0 saturated carbocycles. The number of amides is 1. The van der Waals surface area contributed by atoms with Crippen molar-refractivity contribution in [1.29, 1.82) is 0 Å². The van der Waals surface area contributed by atoms with Gasteiger partial charge in [0.05, 0.1) is 27.4 Å². The highest BCUT2D eigenvalue weighted by atomic mass is 16.5. The van der Waals surface area contributed by atoms with E-state index in [1.165, 1.54) is 18.2 Å². The first-order valence-corrected chi connectivity index (χ1v) is 10.9. The lowest BCUT2D eigenvalue weighted by molar-refractivity contribution is -0.126. The summed E-state index contributed by atoms with van der Waals surface area (Å²) >= 11 is 0. The maximum absolute atomic E-state index is 12.4. The highest BCUT2D eigenvalue weighted by Crippen LogP contribution is 2.40. The number of fused-ring (bicyclic) bond motifs is 1. The molecule has 0 aromatic heterocycles. The van der Waals surface area contributed by atoms with E-state index in [0.29, 0.717) is 5.75 Å². The molecule has 1 aliphatic rings. The molecule has 7 heteroatoms. The Balaban J connectivity index is 1.99. The van der Waals surface area contributed by atoms with Crippen LogP contribution in [0.4, 0.5) is 0 Å². The van der Waals surface area contributed by atoms with Gasteiger partial charge in [-0.05, 0) is 53.8 Å². The summed E-state index contributed by atoms with van der Waals surface area (Å²) in [7, 11) is 6.50. The van der Waals surface area contributed by atoms with E-state index < -0.39 is 0 Å². The molecule has 1 heterocycles. The van der Waals surface area contributed by atoms with Crippen LogP contribution in [-0.4, -0.2) is 58.4 Å². The van der Waals surface area contributed by atoms with Gasteiger partial charge < -0.3 is 24.3 Å². The summed E-state index contributed by atoms with van der Waals surface area (Å²) in [6.07, 6.45) is 1.68. The summed E-state index contributed by atoms with van der Waals surface area (Å²) in [4.78, 5) is 14.8. The minimum atomic E-state index is -0.114. The third-order valence-electron chi connectivity index (χ3n) is 6.01. The second-order valence-electron chi connectivity index (χ2n) is 7.93. The quantitative estimate of drug-likeness (QED) is 0.609. The summed E-state index contributed by atoms with van der Waals surface area (Å²) in [5.41, 5.74) is 3.57. The van der Waals surface area contributed by atoms with Crippen LogP contribution < -0.4 is 19.5 Å². The summed E-state index contributed by atoms with van der Waals surface area (Å²) < 4.78 is 21.5. The molecule has 2 atom stereocenters. The van der Waals surface area contributed by atoms with E-state index in [1.54, 1.807) is 21.3 Å². The molecule has 1 amide bonds. The Bertz CT molecular complexity index is 900. The van der Waals surface area contributed by atoms with E-state index in [-0.39, 0.29) is 24.6 Å². The van der Waals surface area contributed by atoms with Crippen molar-refractivity contribution >= 4 is 5.91 Å². The van der Waals surface area contributed by atoms with Gasteiger partial charge in [-0.2, -0.15) is 0 Å². The van der Waals surface area contributed by atoms with Crippen LogP contribution in [0.15, 0.2) is 36.4 Å². The van der Waals surface area contributed by atoms with E-state index >= 15 is 0 Å². The molecule has 174 valence electrons. The second-order valence-corrected chi connectivity index (χ2v) is 7.93. The number of rotatable bonds is 10. The zero-order valence-corrected chi connectivity index (χ0v) is 19.6. The topological polar surface area (TPSA) is 69.3 Å². The summed E-state index contributed by atoms with van der Waals surface area (Å²) in [6, 6.07) is 12.2. The summed E-state index contributed by atoms with van der Waals surface area (Å²) in [5, 5.41) is 3.18. The lowest BCUT2D eigenvalue weighted by atomic mass is 9.86. The van der Waals surface area contributed by atoms with Crippen molar-refractivity contribution in [3.8, 4) is 17.2 Å². The van der Waals surface area contributed by atoms with Crippen molar-refractivity contribution in [3.63, 3.8) is 0 Å². The van der Waals surface area contributed by atoms with Crippen LogP contribution in [-0.2, 0) is 22.5 Å². The molecule has 0 spiro atoms. The Morgan fingerprint density at radius 3 is 2.34 bits per heavy atom. The largest absolute Gasteiger partial charge is 0.497 e. The van der Waals surface area contributed by atoms with Crippen LogP contribution in [0.5, 0.6) is 17.2 Å². The normalized spacial score (nSPS) is 16.7. The molecule has 0 saturated heterocycles. The molecular formula is C25H34N2O5. The molecule has 7 nitrogen and oxygen atoms in total. The zero-order chi connectivity index (χ0) is 23.1. The maximum Gasteiger partial charge on any atom is 0.246 e. The standard InChI is InChI=1S/C25H34N2O5/c1-6-21(26-24(28)16-29-2)25-20-14-23(32-5)22(31-4)13-18(20)11-12-27(25)15-17-7-9-19(30-3)10-8-17/h7-10,13-14,21,25H,6,11-12,15-16H2,1-5H3,(H,26,28). The van der Waals surface area contributed by atoms with Crippen LogP contribution in [0.25, 0.3) is 0 Å². The van der Waals surface area contributed by atoms with E-state index in [4.69, 9.17) is 18.9 Å². The first-order chi connectivity index (χ1) is 15.5. The van der Waals surface area contributed by atoms with Crippen LogP contribution in [0, 0.1) is 0 Å². The third-order valence-corrected chi connectivity index (χ3v) is 6.01. The average molecular weight is 443 g/mol. The molecule has 32 heavy (non-hydrogen) atoms. The molecule has 1 N–H and O–H groups in total. The fourth-order valence-electron chi connectivity index (χ4n) is 4.43. The highest BCUT2D eigenvalue weighted by Gasteiger charge is 2.35. The van der Waals surface area contributed by atoms with E-state index in [0.717, 1.165) is 43.0 Å². The Labute approximate surface area is 190 Å². The molecule has 0 fully saturated rings. The third kappa shape index (κ3) is 5.34. The van der Waals surface area contributed by atoms with Gasteiger partial charge in [0.15, 0.2) is 11.5 Å². The molecule has 0 bridgehead atoms. The number of nitrogens with one attached hydrogen (secondary N) is 1. The minimum absolute atomic E-state index is 0.00790. The number of carbonyl (C=O) groups is 1. The number of methoxy groups -OCH3 is 4. The number of hydrogen-bond acceptors (Lipinski definition) is 6. The number of ether oxygens (including phenoxy) is 4. The smallest absolute Gasteiger partial charge is 0.246 e. The Hall–Kier alpha value is -2.77. The van der Waals surface area contributed by atoms with Gasteiger partial charge in [-0.15, -0.1) is 0 Å². The van der Waals surface area contributed by atoms with Gasteiger partial charge in [-0.25, -0.2) is 0 Å². The number of nitrogens with zero attached hydrogens (tertiary/aromatic N) is 1. The maximum atomic E-state index is 12.4. The van der Waals surface area contributed by atoms with Gasteiger partial charge in [0.1, 0.15) is 12.4 Å². The molecule has 3 rings (SSSR count). The Morgan fingerprint density at radius 1 is 1.06 bits per heavy atom. The molecule has 2 aromatic rings. The Morgan fingerprint density at radius 2 is 1.75 bits per heavy atom. The van der Waals surface area contributed by atoms with E-state index in [2.05, 4.69) is 41.4 Å². The molecule has 2 unspecified atom stereocenters. The SMILES string of the molecule is CCC(NC(=O)COC)C1c2cc(OC)c(OC)cc2CCN1Cc1ccc(OC)cc1. The molecule has 0 aliphatic carbocycles. The van der Waals surface area contributed by atoms with Gasteiger partial charge in [-0.3, -0.25) is 9.69 Å². The molecular weight excluding hydrogens is 408 g/mol.